The SMILES string of the molecule is COC(=O)C1CCN(c2c(F)cncc2NC(=O)c2nc(-c3ccc(S(=O)(=O)C(C)C)cc3)cnc2N)CC1. The fourth-order valence-corrected chi connectivity index (χ4v) is 5.38. The van der Waals surface area contributed by atoms with E-state index in [-0.39, 0.29) is 39.7 Å². The summed E-state index contributed by atoms with van der Waals surface area (Å²) in [6.45, 7) is 3.96. The number of esters is 1. The van der Waals surface area contributed by atoms with Crippen molar-refractivity contribution in [3.05, 3.63) is 54.4 Å². The van der Waals surface area contributed by atoms with Crippen LogP contribution >= 0.6 is 0 Å². The Hall–Kier alpha value is -4.13. The second-order valence-electron chi connectivity index (χ2n) is 9.36. The van der Waals surface area contributed by atoms with Crippen LogP contribution in [-0.4, -0.2) is 60.7 Å². The lowest BCUT2D eigenvalue weighted by molar-refractivity contribution is -0.146. The number of carbonyl (C=O) groups excluding carboxylic acids is 2. The molecule has 13 heteroatoms. The van der Waals surface area contributed by atoms with Crippen LogP contribution in [0.25, 0.3) is 11.3 Å². The van der Waals surface area contributed by atoms with Gasteiger partial charge in [-0.3, -0.25) is 14.6 Å². The van der Waals surface area contributed by atoms with Gasteiger partial charge in [-0.1, -0.05) is 12.1 Å². The van der Waals surface area contributed by atoms with Crippen molar-refractivity contribution in [1.82, 2.24) is 15.0 Å². The van der Waals surface area contributed by atoms with Gasteiger partial charge in [0, 0.05) is 18.7 Å². The summed E-state index contributed by atoms with van der Waals surface area (Å²) in [5.41, 5.74) is 6.84. The molecule has 3 N–H and O–H groups in total. The zero-order valence-corrected chi connectivity index (χ0v) is 22.5. The van der Waals surface area contributed by atoms with E-state index in [2.05, 4.69) is 20.3 Å². The molecule has 1 saturated heterocycles. The molecule has 1 aliphatic heterocycles. The number of nitrogens with zero attached hydrogens (tertiary/aromatic N) is 4. The van der Waals surface area contributed by atoms with Gasteiger partial charge >= 0.3 is 5.97 Å². The third-order valence-corrected chi connectivity index (χ3v) is 8.75. The summed E-state index contributed by atoms with van der Waals surface area (Å²) in [5, 5.41) is 2.06. The minimum Gasteiger partial charge on any atom is -0.469 e. The second-order valence-corrected chi connectivity index (χ2v) is 11.9. The van der Waals surface area contributed by atoms with Crippen LogP contribution < -0.4 is 16.0 Å². The Morgan fingerprint density at radius 3 is 2.41 bits per heavy atom. The highest BCUT2D eigenvalue weighted by molar-refractivity contribution is 7.92. The van der Waals surface area contributed by atoms with Gasteiger partial charge in [-0.05, 0) is 38.8 Å². The van der Waals surface area contributed by atoms with Crippen LogP contribution in [0, 0.1) is 11.7 Å². The Labute approximate surface area is 225 Å². The average Bonchev–Trinajstić information content (AvgIpc) is 2.93. The average molecular weight is 557 g/mol. The van der Waals surface area contributed by atoms with Crippen LogP contribution in [0.2, 0.25) is 0 Å². The number of amides is 1. The maximum atomic E-state index is 14.9. The summed E-state index contributed by atoms with van der Waals surface area (Å²) in [4.78, 5) is 39.3. The predicted octanol–water partition coefficient (Wildman–Crippen LogP) is 3.08. The number of benzene rings is 1. The lowest BCUT2D eigenvalue weighted by Crippen LogP contribution is -2.37. The first-order valence-corrected chi connectivity index (χ1v) is 13.8. The zero-order valence-electron chi connectivity index (χ0n) is 21.7. The van der Waals surface area contributed by atoms with Crippen molar-refractivity contribution >= 4 is 38.9 Å². The van der Waals surface area contributed by atoms with Gasteiger partial charge in [0.1, 0.15) is 5.69 Å². The van der Waals surface area contributed by atoms with Gasteiger partial charge in [-0.15, -0.1) is 0 Å². The highest BCUT2D eigenvalue weighted by atomic mass is 32.2. The molecule has 11 nitrogen and oxygen atoms in total. The lowest BCUT2D eigenvalue weighted by Gasteiger charge is -2.33. The first kappa shape index (κ1) is 27.9. The molecule has 2 aromatic heterocycles. The molecular formula is C26H29FN6O5S. The molecule has 0 aliphatic carbocycles. The smallest absolute Gasteiger partial charge is 0.308 e. The van der Waals surface area contributed by atoms with Gasteiger partial charge in [-0.25, -0.2) is 22.8 Å². The summed E-state index contributed by atoms with van der Waals surface area (Å²) < 4.78 is 44.5. The zero-order chi connectivity index (χ0) is 28.3. The Morgan fingerprint density at radius 1 is 1.13 bits per heavy atom. The molecule has 0 radical (unpaired) electrons. The molecule has 3 heterocycles. The van der Waals surface area contributed by atoms with E-state index in [1.807, 2.05) is 0 Å². The second kappa shape index (κ2) is 11.3. The van der Waals surface area contributed by atoms with Crippen molar-refractivity contribution < 1.29 is 27.1 Å². The molecule has 1 aliphatic rings. The standard InChI is InChI=1S/C26H29FN6O5S/c1-15(2)39(36,37)18-6-4-16(5-7-18)20-14-30-24(28)22(31-20)25(34)32-21-13-29-12-19(27)23(21)33-10-8-17(9-11-33)26(35)38-3/h4-7,12-15,17H,8-11H2,1-3H3,(H2,28,30)(H,32,34). The third kappa shape index (κ3) is 5.82. The van der Waals surface area contributed by atoms with Crippen molar-refractivity contribution in [3.63, 3.8) is 0 Å². The van der Waals surface area contributed by atoms with Crippen molar-refractivity contribution in [1.29, 1.82) is 0 Å². The quantitative estimate of drug-likeness (QED) is 0.414. The van der Waals surface area contributed by atoms with E-state index in [0.29, 0.717) is 37.2 Å². The Bertz CT molecular complexity index is 1490. The number of methoxy groups -OCH3 is 1. The van der Waals surface area contributed by atoms with Crippen LogP contribution in [0.1, 0.15) is 37.2 Å². The maximum Gasteiger partial charge on any atom is 0.308 e. The van der Waals surface area contributed by atoms with E-state index in [9.17, 15) is 22.4 Å². The van der Waals surface area contributed by atoms with E-state index in [1.165, 1.54) is 31.6 Å². The number of rotatable bonds is 7. The number of nitrogens with one attached hydrogen (secondary N) is 1. The third-order valence-electron chi connectivity index (χ3n) is 6.58. The summed E-state index contributed by atoms with van der Waals surface area (Å²) in [5.74, 6) is -2.07. The van der Waals surface area contributed by atoms with Gasteiger partial charge in [0.25, 0.3) is 5.91 Å². The number of aromatic nitrogens is 3. The predicted molar refractivity (Wildman–Crippen MR) is 143 cm³/mol. The number of anilines is 3. The largest absolute Gasteiger partial charge is 0.469 e. The molecule has 1 amide bonds. The molecule has 1 aromatic carbocycles. The number of hydrogen-bond acceptors (Lipinski definition) is 10. The van der Waals surface area contributed by atoms with Gasteiger partial charge in [-0.2, -0.15) is 0 Å². The van der Waals surface area contributed by atoms with Gasteiger partial charge in [0.15, 0.2) is 27.2 Å². The molecule has 0 saturated carbocycles. The number of nitrogen functional groups attached to an aromatic ring is 1. The first-order valence-electron chi connectivity index (χ1n) is 12.3. The number of nitrogens with two attached hydrogens (primary N) is 1. The number of piperidine rings is 1. The molecule has 0 spiro atoms. The molecule has 3 aromatic rings. The topological polar surface area (TPSA) is 157 Å². The first-order chi connectivity index (χ1) is 18.5. The molecule has 39 heavy (non-hydrogen) atoms. The Morgan fingerprint density at radius 2 is 1.79 bits per heavy atom. The summed E-state index contributed by atoms with van der Waals surface area (Å²) >= 11 is 0. The van der Waals surface area contributed by atoms with E-state index in [0.717, 1.165) is 6.20 Å². The summed E-state index contributed by atoms with van der Waals surface area (Å²) in [7, 11) is -2.11. The molecule has 4 rings (SSSR count). The number of pyridine rings is 1. The van der Waals surface area contributed by atoms with E-state index >= 15 is 0 Å². The van der Waals surface area contributed by atoms with Crippen LogP contribution in [-0.2, 0) is 19.4 Å². The normalized spacial score (nSPS) is 14.3. The van der Waals surface area contributed by atoms with Gasteiger partial charge < -0.3 is 20.7 Å². The summed E-state index contributed by atoms with van der Waals surface area (Å²) in [6, 6.07) is 6.08. The number of sulfone groups is 1. The minimum atomic E-state index is -3.45. The fourth-order valence-electron chi connectivity index (χ4n) is 4.32. The van der Waals surface area contributed by atoms with E-state index in [1.54, 1.807) is 30.9 Å². The van der Waals surface area contributed by atoms with Crippen molar-refractivity contribution in [2.45, 2.75) is 36.8 Å². The fraction of sp³-hybridized carbons (Fsp3) is 0.346. The number of carbonyl (C=O) groups is 2. The molecule has 0 bridgehead atoms. The van der Waals surface area contributed by atoms with E-state index < -0.39 is 26.8 Å². The lowest BCUT2D eigenvalue weighted by atomic mass is 9.96. The Balaban J connectivity index is 1.57. The molecule has 0 unspecified atom stereocenters. The number of ether oxygens (including phenoxy) is 1. The van der Waals surface area contributed by atoms with Gasteiger partial charge in [0.05, 0.1) is 53.1 Å². The number of hydrogen-bond donors (Lipinski definition) is 2. The molecule has 0 atom stereocenters. The van der Waals surface area contributed by atoms with Crippen molar-refractivity contribution in [2.24, 2.45) is 5.92 Å². The monoisotopic (exact) mass is 556 g/mol. The van der Waals surface area contributed by atoms with Crippen molar-refractivity contribution in [3.8, 4) is 11.3 Å². The van der Waals surface area contributed by atoms with Crippen LogP contribution in [0.15, 0.2) is 47.8 Å². The molecule has 206 valence electrons. The van der Waals surface area contributed by atoms with Gasteiger partial charge in [0.2, 0.25) is 0 Å². The molecular weight excluding hydrogens is 527 g/mol. The maximum absolute atomic E-state index is 14.9. The molecule has 1 fully saturated rings. The number of halogens is 1. The summed E-state index contributed by atoms with van der Waals surface area (Å²) in [6.07, 6.45) is 4.69. The van der Waals surface area contributed by atoms with Crippen molar-refractivity contribution in [2.75, 3.05) is 36.1 Å². The Kier molecular flexibility index (Phi) is 8.09. The van der Waals surface area contributed by atoms with Crippen LogP contribution in [0.5, 0.6) is 0 Å². The highest BCUT2D eigenvalue weighted by Crippen LogP contribution is 2.33. The van der Waals surface area contributed by atoms with Crippen LogP contribution in [0.3, 0.4) is 0 Å². The minimum absolute atomic E-state index is 0.117. The highest BCUT2D eigenvalue weighted by Gasteiger charge is 2.29. The van der Waals surface area contributed by atoms with E-state index in [4.69, 9.17) is 10.5 Å². The van der Waals surface area contributed by atoms with Crippen LogP contribution in [0.4, 0.5) is 21.6 Å².